The Balaban J connectivity index is 1.70. The Morgan fingerprint density at radius 2 is 1.75 bits per heavy atom. The molecule has 2 aromatic rings. The van der Waals surface area contributed by atoms with E-state index in [0.29, 0.717) is 12.5 Å². The molecule has 0 aromatic heterocycles. The Labute approximate surface area is 167 Å². The van der Waals surface area contributed by atoms with Gasteiger partial charge in [0.05, 0.1) is 4.90 Å². The molecule has 1 aliphatic rings. The molecule has 0 aliphatic carbocycles. The fourth-order valence-corrected chi connectivity index (χ4v) is 4.42. The summed E-state index contributed by atoms with van der Waals surface area (Å²) in [5, 5.41) is 0. The second-order valence-electron chi connectivity index (χ2n) is 7.91. The van der Waals surface area contributed by atoms with Crippen LogP contribution in [0, 0.1) is 5.92 Å². The molecule has 0 atom stereocenters. The number of hydrogen-bond donors (Lipinski definition) is 1. The fourth-order valence-electron chi connectivity index (χ4n) is 3.40. The zero-order valence-electron chi connectivity index (χ0n) is 16.9. The average molecular weight is 401 g/mol. The van der Waals surface area contributed by atoms with Crippen LogP contribution in [0.3, 0.4) is 0 Å². The molecule has 0 bridgehead atoms. The number of amides is 1. The average Bonchev–Trinajstić information content (AvgIpc) is 3.09. The Hall–Kier alpha value is -2.18. The van der Waals surface area contributed by atoms with E-state index in [0.717, 1.165) is 28.8 Å². The summed E-state index contributed by atoms with van der Waals surface area (Å²) in [5.74, 6) is 0.440. The van der Waals surface area contributed by atoms with Crippen molar-refractivity contribution in [2.45, 2.75) is 51.5 Å². The number of rotatable bonds is 6. The monoisotopic (exact) mass is 400 g/mol. The summed E-state index contributed by atoms with van der Waals surface area (Å²) in [6.45, 7) is 8.86. The third kappa shape index (κ3) is 4.28. The minimum absolute atomic E-state index is 0.0421. The molecule has 0 fully saturated rings. The van der Waals surface area contributed by atoms with E-state index < -0.39 is 10.0 Å². The third-order valence-electron chi connectivity index (χ3n) is 5.12. The van der Waals surface area contributed by atoms with Crippen molar-refractivity contribution in [2.75, 3.05) is 11.4 Å². The molecule has 0 saturated heterocycles. The maximum Gasteiger partial charge on any atom is 0.240 e. The molecule has 1 heterocycles. The highest BCUT2D eigenvalue weighted by Crippen LogP contribution is 2.30. The first-order valence-corrected chi connectivity index (χ1v) is 11.2. The van der Waals surface area contributed by atoms with Gasteiger partial charge in [-0.3, -0.25) is 4.79 Å². The van der Waals surface area contributed by atoms with Crippen LogP contribution in [-0.2, 0) is 27.8 Å². The predicted octanol–water partition coefficient (Wildman–Crippen LogP) is 3.83. The summed E-state index contributed by atoms with van der Waals surface area (Å²) in [4.78, 5) is 14.4. The summed E-state index contributed by atoms with van der Waals surface area (Å²) in [6.07, 6.45) is 0.797. The Kier molecular flexibility index (Phi) is 5.91. The van der Waals surface area contributed by atoms with Gasteiger partial charge in [0, 0.05) is 24.7 Å². The van der Waals surface area contributed by atoms with Crippen molar-refractivity contribution >= 4 is 21.6 Å². The number of anilines is 1. The molecule has 150 valence electrons. The maximum atomic E-state index is 12.6. The summed E-state index contributed by atoms with van der Waals surface area (Å²) in [6, 6.07) is 12.8. The normalized spacial score (nSPS) is 14.0. The maximum absolute atomic E-state index is 12.6. The van der Waals surface area contributed by atoms with Crippen molar-refractivity contribution in [1.82, 2.24) is 4.72 Å². The second kappa shape index (κ2) is 8.05. The van der Waals surface area contributed by atoms with E-state index in [1.807, 2.05) is 49.1 Å². The molecule has 5 nitrogen and oxygen atoms in total. The topological polar surface area (TPSA) is 66.5 Å². The van der Waals surface area contributed by atoms with Crippen LogP contribution in [0.4, 0.5) is 5.69 Å². The van der Waals surface area contributed by atoms with E-state index in [9.17, 15) is 13.2 Å². The predicted molar refractivity (Wildman–Crippen MR) is 112 cm³/mol. The van der Waals surface area contributed by atoms with Crippen molar-refractivity contribution in [1.29, 1.82) is 0 Å². The lowest BCUT2D eigenvalue weighted by molar-refractivity contribution is -0.121. The molecule has 28 heavy (non-hydrogen) atoms. The number of nitrogens with zero attached hydrogens (tertiary/aromatic N) is 1. The highest BCUT2D eigenvalue weighted by atomic mass is 32.2. The van der Waals surface area contributed by atoms with Gasteiger partial charge in [-0.15, -0.1) is 0 Å². The van der Waals surface area contributed by atoms with Gasteiger partial charge in [0.25, 0.3) is 0 Å². The van der Waals surface area contributed by atoms with Gasteiger partial charge in [-0.2, -0.15) is 0 Å². The molecule has 3 rings (SSSR count). The van der Waals surface area contributed by atoms with Crippen molar-refractivity contribution in [3.63, 3.8) is 0 Å². The van der Waals surface area contributed by atoms with Crippen molar-refractivity contribution in [3.8, 4) is 0 Å². The molecule has 0 spiro atoms. The number of fused-ring (bicyclic) bond motifs is 1. The molecule has 0 saturated carbocycles. The Morgan fingerprint density at radius 1 is 1.07 bits per heavy atom. The van der Waals surface area contributed by atoms with E-state index in [2.05, 4.69) is 18.6 Å². The van der Waals surface area contributed by atoms with Gasteiger partial charge >= 0.3 is 0 Å². The van der Waals surface area contributed by atoms with Crippen molar-refractivity contribution in [2.24, 2.45) is 5.92 Å². The lowest BCUT2D eigenvalue weighted by Gasteiger charge is -2.19. The number of carbonyl (C=O) groups is 1. The Morgan fingerprint density at radius 3 is 2.36 bits per heavy atom. The van der Waals surface area contributed by atoms with Crippen LogP contribution >= 0.6 is 0 Å². The van der Waals surface area contributed by atoms with E-state index in [-0.39, 0.29) is 23.3 Å². The van der Waals surface area contributed by atoms with E-state index in [1.165, 1.54) is 0 Å². The highest BCUT2D eigenvalue weighted by Gasteiger charge is 2.26. The molecule has 0 radical (unpaired) electrons. The van der Waals surface area contributed by atoms with Crippen LogP contribution in [0.15, 0.2) is 47.4 Å². The van der Waals surface area contributed by atoms with E-state index >= 15 is 0 Å². The number of benzene rings is 2. The third-order valence-corrected chi connectivity index (χ3v) is 6.54. The lowest BCUT2D eigenvalue weighted by Crippen LogP contribution is -2.32. The molecule has 1 aliphatic heterocycles. The standard InChI is InChI=1S/C22H28N2O3S/c1-15(2)18-6-8-20(9-7-18)28(26,27)23-14-17-5-10-21-19(13-17)11-12-24(21)22(25)16(3)4/h5-10,13,15-16,23H,11-12,14H2,1-4H3. The van der Waals surface area contributed by atoms with Crippen molar-refractivity contribution in [3.05, 3.63) is 59.2 Å². The van der Waals surface area contributed by atoms with E-state index in [4.69, 9.17) is 0 Å². The number of nitrogens with one attached hydrogen (secondary N) is 1. The molecule has 2 aromatic carbocycles. The minimum Gasteiger partial charge on any atom is -0.312 e. The van der Waals surface area contributed by atoms with Crippen LogP contribution in [0.5, 0.6) is 0 Å². The molecule has 1 amide bonds. The summed E-state index contributed by atoms with van der Waals surface area (Å²) in [5.41, 5.74) is 4.03. The van der Waals surface area contributed by atoms with Crippen LogP contribution < -0.4 is 9.62 Å². The van der Waals surface area contributed by atoms with Gasteiger partial charge in [0.2, 0.25) is 15.9 Å². The van der Waals surface area contributed by atoms with Crippen molar-refractivity contribution < 1.29 is 13.2 Å². The first-order chi connectivity index (χ1) is 13.2. The zero-order chi connectivity index (χ0) is 20.5. The van der Waals surface area contributed by atoms with Gasteiger partial charge < -0.3 is 4.90 Å². The van der Waals surface area contributed by atoms with Gasteiger partial charge in [0.15, 0.2) is 0 Å². The molecular weight excluding hydrogens is 372 g/mol. The summed E-state index contributed by atoms with van der Waals surface area (Å²) in [7, 11) is -3.56. The first kappa shape index (κ1) is 20.6. The first-order valence-electron chi connectivity index (χ1n) is 9.72. The molecule has 1 N–H and O–H groups in total. The molecular formula is C22H28N2O3S. The zero-order valence-corrected chi connectivity index (χ0v) is 17.7. The summed E-state index contributed by atoms with van der Waals surface area (Å²) < 4.78 is 27.8. The van der Waals surface area contributed by atoms with Crippen LogP contribution in [-0.4, -0.2) is 20.9 Å². The summed E-state index contributed by atoms with van der Waals surface area (Å²) >= 11 is 0. The largest absolute Gasteiger partial charge is 0.312 e. The van der Waals surface area contributed by atoms with E-state index in [1.54, 1.807) is 12.1 Å². The fraction of sp³-hybridized carbons (Fsp3) is 0.409. The van der Waals surface area contributed by atoms with Gasteiger partial charge in [-0.1, -0.05) is 52.0 Å². The Bertz CT molecular complexity index is 964. The number of sulfonamides is 1. The number of hydrogen-bond acceptors (Lipinski definition) is 3. The molecule has 0 unspecified atom stereocenters. The highest BCUT2D eigenvalue weighted by molar-refractivity contribution is 7.89. The van der Waals surface area contributed by atoms with Gasteiger partial charge in [-0.05, 0) is 47.2 Å². The molecule has 6 heteroatoms. The smallest absolute Gasteiger partial charge is 0.240 e. The minimum atomic E-state index is -3.56. The second-order valence-corrected chi connectivity index (χ2v) is 9.67. The quantitative estimate of drug-likeness (QED) is 0.801. The van der Waals surface area contributed by atoms with Gasteiger partial charge in [0.1, 0.15) is 0 Å². The van der Waals surface area contributed by atoms with Crippen LogP contribution in [0.2, 0.25) is 0 Å². The van der Waals surface area contributed by atoms with Crippen LogP contribution in [0.25, 0.3) is 0 Å². The number of carbonyl (C=O) groups excluding carboxylic acids is 1. The lowest BCUT2D eigenvalue weighted by atomic mass is 10.0. The van der Waals surface area contributed by atoms with Gasteiger partial charge in [-0.25, -0.2) is 13.1 Å². The van der Waals surface area contributed by atoms with Crippen LogP contribution in [0.1, 0.15) is 50.3 Å². The SMILES string of the molecule is CC(C)C(=O)N1CCc2cc(CNS(=O)(=O)c3ccc(C(C)C)cc3)ccc21.